The molecule has 19 heavy (non-hydrogen) atoms. The van der Waals surface area contributed by atoms with Crippen LogP contribution in [-0.2, 0) is 4.79 Å². The highest BCUT2D eigenvalue weighted by Crippen LogP contribution is 2.40. The summed E-state index contributed by atoms with van der Waals surface area (Å²) < 4.78 is 5.51. The smallest absolute Gasteiger partial charge is 0.323 e. The maximum absolute atomic E-state index is 12.3. The van der Waals surface area contributed by atoms with Crippen LogP contribution >= 0.6 is 0 Å². The first kappa shape index (κ1) is 13.6. The van der Waals surface area contributed by atoms with E-state index in [-0.39, 0.29) is 18.2 Å². The highest BCUT2D eigenvalue weighted by molar-refractivity contribution is 5.94. The van der Waals surface area contributed by atoms with Crippen LogP contribution in [0.15, 0.2) is 4.42 Å². The molecule has 1 aliphatic carbocycles. The molecule has 1 heterocycles. The van der Waals surface area contributed by atoms with Crippen LogP contribution in [0.1, 0.15) is 54.2 Å². The molecule has 1 amide bonds. The molecule has 0 saturated heterocycles. The highest BCUT2D eigenvalue weighted by Gasteiger charge is 2.32. The lowest BCUT2D eigenvalue weighted by molar-refractivity contribution is -0.137. The van der Waals surface area contributed by atoms with E-state index in [0.717, 1.165) is 12.8 Å². The topological polar surface area (TPSA) is 83.6 Å². The van der Waals surface area contributed by atoms with E-state index in [1.54, 1.807) is 6.92 Å². The zero-order valence-corrected chi connectivity index (χ0v) is 11.2. The van der Waals surface area contributed by atoms with Gasteiger partial charge in [0.2, 0.25) is 5.76 Å². The summed E-state index contributed by atoms with van der Waals surface area (Å²) >= 11 is 0. The molecule has 6 heteroatoms. The van der Waals surface area contributed by atoms with Gasteiger partial charge in [0.25, 0.3) is 5.91 Å². The number of carboxylic acids is 1. The predicted molar refractivity (Wildman–Crippen MR) is 67.0 cm³/mol. The van der Waals surface area contributed by atoms with E-state index in [0.29, 0.717) is 30.5 Å². The summed E-state index contributed by atoms with van der Waals surface area (Å²) in [6, 6.07) is 0. The number of hydrogen-bond donors (Lipinski definition) is 1. The second-order valence-corrected chi connectivity index (χ2v) is 4.86. The van der Waals surface area contributed by atoms with E-state index in [1.807, 2.05) is 6.92 Å². The van der Waals surface area contributed by atoms with Gasteiger partial charge in [-0.3, -0.25) is 9.59 Å². The van der Waals surface area contributed by atoms with Gasteiger partial charge in [0.1, 0.15) is 6.54 Å². The fourth-order valence-electron chi connectivity index (χ4n) is 1.95. The first-order valence-electron chi connectivity index (χ1n) is 6.51. The minimum atomic E-state index is -1.03. The van der Waals surface area contributed by atoms with Crippen molar-refractivity contribution in [1.29, 1.82) is 0 Å². The Morgan fingerprint density at radius 3 is 2.68 bits per heavy atom. The number of rotatable bonds is 6. The van der Waals surface area contributed by atoms with Crippen LogP contribution in [0.25, 0.3) is 0 Å². The minimum absolute atomic E-state index is 0.177. The Balaban J connectivity index is 2.17. The molecule has 1 aliphatic rings. The summed E-state index contributed by atoms with van der Waals surface area (Å²) in [6.07, 6.45) is 2.78. The van der Waals surface area contributed by atoms with Gasteiger partial charge in [-0.1, -0.05) is 6.92 Å². The largest absolute Gasteiger partial charge is 0.480 e. The Hall–Kier alpha value is -1.85. The van der Waals surface area contributed by atoms with Crippen molar-refractivity contribution in [3.63, 3.8) is 0 Å². The van der Waals surface area contributed by atoms with Crippen LogP contribution in [-0.4, -0.2) is 40.0 Å². The van der Waals surface area contributed by atoms with Gasteiger partial charge in [-0.15, -0.1) is 0 Å². The SMILES string of the molecule is CCCN(CC(=O)O)C(=O)c1oc(C2CC2)nc1C. The van der Waals surface area contributed by atoms with Crippen molar-refractivity contribution < 1.29 is 19.1 Å². The van der Waals surface area contributed by atoms with Crippen LogP contribution in [0.3, 0.4) is 0 Å². The molecule has 1 N–H and O–H groups in total. The molecule has 1 aromatic rings. The number of hydrogen-bond acceptors (Lipinski definition) is 4. The monoisotopic (exact) mass is 266 g/mol. The van der Waals surface area contributed by atoms with E-state index in [4.69, 9.17) is 9.52 Å². The fraction of sp³-hybridized carbons (Fsp3) is 0.615. The summed E-state index contributed by atoms with van der Waals surface area (Å²) in [5, 5.41) is 8.84. The number of carboxylic acid groups (broad SMARTS) is 1. The first-order chi connectivity index (χ1) is 9.02. The summed E-state index contributed by atoms with van der Waals surface area (Å²) in [6.45, 7) is 3.69. The normalized spacial score (nSPS) is 14.4. The zero-order chi connectivity index (χ0) is 14.0. The Kier molecular flexibility index (Phi) is 3.87. The molecule has 104 valence electrons. The maximum Gasteiger partial charge on any atom is 0.323 e. The molecule has 1 aromatic heterocycles. The fourth-order valence-corrected chi connectivity index (χ4v) is 1.95. The zero-order valence-electron chi connectivity index (χ0n) is 11.2. The molecule has 0 aliphatic heterocycles. The van der Waals surface area contributed by atoms with Gasteiger partial charge in [-0.05, 0) is 26.2 Å². The minimum Gasteiger partial charge on any atom is -0.480 e. The predicted octanol–water partition coefficient (Wildman–Crippen LogP) is 1.80. The number of amides is 1. The molecule has 1 fully saturated rings. The number of aromatic nitrogens is 1. The lowest BCUT2D eigenvalue weighted by Crippen LogP contribution is -2.36. The third-order valence-electron chi connectivity index (χ3n) is 3.04. The summed E-state index contributed by atoms with van der Waals surface area (Å²) in [5.74, 6) is -0.300. The third-order valence-corrected chi connectivity index (χ3v) is 3.04. The Labute approximate surface area is 111 Å². The standard InChI is InChI=1S/C13H18N2O4/c1-3-6-15(7-10(16)17)13(18)11-8(2)14-12(19-11)9-4-5-9/h9H,3-7H2,1-2H3,(H,16,17). The Morgan fingerprint density at radius 1 is 1.47 bits per heavy atom. The number of oxazole rings is 1. The van der Waals surface area contributed by atoms with Gasteiger partial charge < -0.3 is 14.4 Å². The number of carbonyl (C=O) groups excluding carboxylic acids is 1. The van der Waals surface area contributed by atoms with E-state index < -0.39 is 5.97 Å². The van der Waals surface area contributed by atoms with Crippen molar-refractivity contribution in [2.45, 2.75) is 39.0 Å². The molecular weight excluding hydrogens is 248 g/mol. The van der Waals surface area contributed by atoms with Crippen LogP contribution < -0.4 is 0 Å². The van der Waals surface area contributed by atoms with Gasteiger partial charge in [-0.25, -0.2) is 4.98 Å². The van der Waals surface area contributed by atoms with Crippen LogP contribution in [0.2, 0.25) is 0 Å². The van der Waals surface area contributed by atoms with E-state index in [9.17, 15) is 9.59 Å². The maximum atomic E-state index is 12.3. The van der Waals surface area contributed by atoms with Crippen LogP contribution in [0.4, 0.5) is 0 Å². The van der Waals surface area contributed by atoms with Gasteiger partial charge in [0.05, 0.1) is 5.69 Å². The van der Waals surface area contributed by atoms with Crippen molar-refractivity contribution in [1.82, 2.24) is 9.88 Å². The average Bonchev–Trinajstić information content (AvgIpc) is 3.11. The quantitative estimate of drug-likeness (QED) is 0.848. The number of nitrogens with zero attached hydrogens (tertiary/aromatic N) is 2. The van der Waals surface area contributed by atoms with Crippen molar-refractivity contribution in [3.8, 4) is 0 Å². The highest BCUT2D eigenvalue weighted by atomic mass is 16.4. The molecule has 1 saturated carbocycles. The van der Waals surface area contributed by atoms with Crippen molar-refractivity contribution in [3.05, 3.63) is 17.3 Å². The van der Waals surface area contributed by atoms with E-state index >= 15 is 0 Å². The number of aliphatic carboxylic acids is 1. The molecule has 0 aromatic carbocycles. The summed E-state index contributed by atoms with van der Waals surface area (Å²) in [4.78, 5) is 28.6. The van der Waals surface area contributed by atoms with E-state index in [2.05, 4.69) is 4.98 Å². The molecule has 0 spiro atoms. The third kappa shape index (κ3) is 3.13. The lowest BCUT2D eigenvalue weighted by Gasteiger charge is -2.18. The van der Waals surface area contributed by atoms with Gasteiger partial charge in [0.15, 0.2) is 5.89 Å². The number of carbonyl (C=O) groups is 2. The van der Waals surface area contributed by atoms with Gasteiger partial charge >= 0.3 is 5.97 Å². The molecule has 2 rings (SSSR count). The first-order valence-corrected chi connectivity index (χ1v) is 6.51. The van der Waals surface area contributed by atoms with Crippen molar-refractivity contribution in [2.75, 3.05) is 13.1 Å². The molecule has 0 bridgehead atoms. The van der Waals surface area contributed by atoms with Gasteiger partial charge in [0, 0.05) is 12.5 Å². The molecular formula is C13H18N2O4. The van der Waals surface area contributed by atoms with E-state index in [1.165, 1.54) is 4.90 Å². The van der Waals surface area contributed by atoms with Gasteiger partial charge in [-0.2, -0.15) is 0 Å². The van der Waals surface area contributed by atoms with Crippen LogP contribution in [0.5, 0.6) is 0 Å². The average molecular weight is 266 g/mol. The van der Waals surface area contributed by atoms with Crippen molar-refractivity contribution in [2.24, 2.45) is 0 Å². The lowest BCUT2D eigenvalue weighted by atomic mass is 10.3. The second kappa shape index (κ2) is 5.42. The molecule has 6 nitrogen and oxygen atoms in total. The second-order valence-electron chi connectivity index (χ2n) is 4.86. The Morgan fingerprint density at radius 2 is 2.16 bits per heavy atom. The summed E-state index contributed by atoms with van der Waals surface area (Å²) in [5.41, 5.74) is 0.540. The Bertz CT molecular complexity index is 491. The molecule has 0 unspecified atom stereocenters. The van der Waals surface area contributed by atoms with Crippen LogP contribution in [0, 0.1) is 6.92 Å². The number of aryl methyl sites for hydroxylation is 1. The summed E-state index contributed by atoms with van der Waals surface area (Å²) in [7, 11) is 0. The molecule has 0 radical (unpaired) electrons. The molecule has 0 atom stereocenters. The van der Waals surface area contributed by atoms with Crippen molar-refractivity contribution >= 4 is 11.9 Å².